The van der Waals surface area contributed by atoms with E-state index in [4.69, 9.17) is 9.15 Å². The number of amides is 1. The summed E-state index contributed by atoms with van der Waals surface area (Å²) in [6.45, 7) is 6.99. The molecule has 0 unspecified atom stereocenters. The summed E-state index contributed by atoms with van der Waals surface area (Å²) >= 11 is 0. The number of furan rings is 1. The van der Waals surface area contributed by atoms with Gasteiger partial charge in [0, 0.05) is 12.3 Å². The van der Waals surface area contributed by atoms with E-state index >= 15 is 0 Å². The van der Waals surface area contributed by atoms with Gasteiger partial charge in [-0.1, -0.05) is 35.9 Å². The largest absolute Gasteiger partial charge is 0.486 e. The average Bonchev–Trinajstić information content (AvgIpc) is 3.37. The standard InChI is InChI=1S/C25H25N3O3/c1-17-4-6-20(7-5-17)15-28-11-10-24(27-28)26-25(29)23-9-8-21(31-23)16-30-22-13-18(2)12-19(3)14-22/h4-14H,15-16H2,1-3H3,(H,26,27,29). The number of nitrogens with one attached hydrogen (secondary N) is 1. The number of aromatic nitrogens is 2. The lowest BCUT2D eigenvalue weighted by molar-refractivity contribution is 0.0992. The molecule has 0 radical (unpaired) electrons. The minimum absolute atomic E-state index is 0.215. The Kier molecular flexibility index (Phi) is 5.89. The molecule has 0 atom stereocenters. The molecule has 0 fully saturated rings. The molecule has 1 N–H and O–H groups in total. The molecule has 0 saturated heterocycles. The van der Waals surface area contributed by atoms with Gasteiger partial charge in [0.05, 0.1) is 6.54 Å². The summed E-state index contributed by atoms with van der Waals surface area (Å²) < 4.78 is 13.2. The maximum atomic E-state index is 12.5. The third-order valence-corrected chi connectivity index (χ3v) is 4.81. The Bertz CT molecular complexity index is 1170. The number of aryl methyl sites for hydroxylation is 3. The lowest BCUT2D eigenvalue weighted by atomic mass is 10.1. The molecule has 6 nitrogen and oxygen atoms in total. The first-order valence-corrected chi connectivity index (χ1v) is 10.1. The van der Waals surface area contributed by atoms with E-state index in [9.17, 15) is 4.79 Å². The van der Waals surface area contributed by atoms with Gasteiger partial charge in [-0.3, -0.25) is 9.48 Å². The molecule has 0 aliphatic rings. The molecule has 4 rings (SSSR count). The van der Waals surface area contributed by atoms with Crippen molar-refractivity contribution >= 4 is 11.7 Å². The van der Waals surface area contributed by atoms with E-state index in [1.54, 1.807) is 22.9 Å². The third-order valence-electron chi connectivity index (χ3n) is 4.81. The number of nitrogens with zero attached hydrogens (tertiary/aromatic N) is 2. The summed E-state index contributed by atoms with van der Waals surface area (Å²) in [5.41, 5.74) is 4.63. The van der Waals surface area contributed by atoms with Crippen LogP contribution >= 0.6 is 0 Å². The topological polar surface area (TPSA) is 69.3 Å². The van der Waals surface area contributed by atoms with Gasteiger partial charge in [-0.05, 0) is 61.7 Å². The van der Waals surface area contributed by atoms with Crippen molar-refractivity contribution in [2.75, 3.05) is 5.32 Å². The van der Waals surface area contributed by atoms with E-state index in [1.807, 2.05) is 32.2 Å². The smallest absolute Gasteiger partial charge is 0.292 e. The van der Waals surface area contributed by atoms with Gasteiger partial charge < -0.3 is 14.5 Å². The highest BCUT2D eigenvalue weighted by atomic mass is 16.5. The molecule has 2 aromatic carbocycles. The second-order valence-corrected chi connectivity index (χ2v) is 7.72. The monoisotopic (exact) mass is 415 g/mol. The number of rotatable bonds is 7. The van der Waals surface area contributed by atoms with Crippen LogP contribution in [0.3, 0.4) is 0 Å². The summed E-state index contributed by atoms with van der Waals surface area (Å²) in [6, 6.07) is 19.4. The van der Waals surface area contributed by atoms with Crippen molar-refractivity contribution in [2.24, 2.45) is 0 Å². The Morgan fingerprint density at radius 2 is 1.71 bits per heavy atom. The van der Waals surface area contributed by atoms with Crippen LogP contribution in [0, 0.1) is 20.8 Å². The minimum atomic E-state index is -0.349. The summed E-state index contributed by atoms with van der Waals surface area (Å²) in [7, 11) is 0. The summed E-state index contributed by atoms with van der Waals surface area (Å²) in [4.78, 5) is 12.5. The Morgan fingerprint density at radius 3 is 2.45 bits per heavy atom. The molecule has 0 aliphatic heterocycles. The van der Waals surface area contributed by atoms with Crippen LogP contribution in [0.2, 0.25) is 0 Å². The Morgan fingerprint density at radius 1 is 0.968 bits per heavy atom. The first-order chi connectivity index (χ1) is 14.9. The van der Waals surface area contributed by atoms with Crippen molar-refractivity contribution in [1.82, 2.24) is 9.78 Å². The number of carbonyl (C=O) groups is 1. The van der Waals surface area contributed by atoms with Gasteiger partial charge in [0.25, 0.3) is 5.91 Å². The van der Waals surface area contributed by atoms with Gasteiger partial charge in [-0.2, -0.15) is 5.10 Å². The molecule has 6 heteroatoms. The molecule has 0 spiro atoms. The van der Waals surface area contributed by atoms with Crippen LogP contribution in [0.4, 0.5) is 5.82 Å². The molecule has 158 valence electrons. The van der Waals surface area contributed by atoms with Crippen molar-refractivity contribution in [2.45, 2.75) is 33.9 Å². The fourth-order valence-corrected chi connectivity index (χ4v) is 3.32. The van der Waals surface area contributed by atoms with Crippen LogP contribution < -0.4 is 10.1 Å². The third kappa shape index (κ3) is 5.42. The predicted octanol–water partition coefficient (Wildman–Crippen LogP) is 5.28. The van der Waals surface area contributed by atoms with E-state index in [0.717, 1.165) is 22.4 Å². The lowest BCUT2D eigenvalue weighted by Gasteiger charge is -2.06. The first-order valence-electron chi connectivity index (χ1n) is 10.1. The molecule has 31 heavy (non-hydrogen) atoms. The lowest BCUT2D eigenvalue weighted by Crippen LogP contribution is -2.12. The SMILES string of the molecule is Cc1ccc(Cn2ccc(NC(=O)c3ccc(COc4cc(C)cc(C)c4)o3)n2)cc1. The number of benzene rings is 2. The number of hydrogen-bond donors (Lipinski definition) is 1. The van der Waals surface area contributed by atoms with Crippen LogP contribution in [0.15, 0.2) is 71.3 Å². The summed E-state index contributed by atoms with van der Waals surface area (Å²) in [5.74, 6) is 1.69. The van der Waals surface area contributed by atoms with E-state index in [2.05, 4.69) is 47.7 Å². The van der Waals surface area contributed by atoms with Gasteiger partial charge in [-0.15, -0.1) is 0 Å². The van der Waals surface area contributed by atoms with Gasteiger partial charge in [0.1, 0.15) is 18.1 Å². The van der Waals surface area contributed by atoms with Crippen LogP contribution in [0.1, 0.15) is 38.6 Å². The number of carbonyl (C=O) groups excluding carboxylic acids is 1. The molecule has 1 amide bonds. The zero-order valence-corrected chi connectivity index (χ0v) is 17.9. The number of hydrogen-bond acceptors (Lipinski definition) is 4. The van der Waals surface area contributed by atoms with Crippen LogP contribution in [0.5, 0.6) is 5.75 Å². The predicted molar refractivity (Wildman–Crippen MR) is 119 cm³/mol. The van der Waals surface area contributed by atoms with E-state index < -0.39 is 0 Å². The van der Waals surface area contributed by atoms with E-state index in [1.165, 1.54) is 5.56 Å². The van der Waals surface area contributed by atoms with E-state index in [-0.39, 0.29) is 18.3 Å². The van der Waals surface area contributed by atoms with Gasteiger partial charge in [-0.25, -0.2) is 0 Å². The maximum absolute atomic E-state index is 12.5. The van der Waals surface area contributed by atoms with Crippen molar-refractivity contribution in [1.29, 1.82) is 0 Å². The minimum Gasteiger partial charge on any atom is -0.486 e. The van der Waals surface area contributed by atoms with Crippen molar-refractivity contribution < 1.29 is 13.9 Å². The molecular weight excluding hydrogens is 390 g/mol. The maximum Gasteiger partial charge on any atom is 0.292 e. The zero-order valence-electron chi connectivity index (χ0n) is 17.9. The quantitative estimate of drug-likeness (QED) is 0.446. The normalized spacial score (nSPS) is 10.8. The number of anilines is 1. The van der Waals surface area contributed by atoms with Crippen molar-refractivity contribution in [3.05, 3.63) is 101 Å². The zero-order chi connectivity index (χ0) is 21.8. The van der Waals surface area contributed by atoms with Crippen LogP contribution in [0.25, 0.3) is 0 Å². The van der Waals surface area contributed by atoms with E-state index in [0.29, 0.717) is 18.1 Å². The highest BCUT2D eigenvalue weighted by molar-refractivity contribution is 6.01. The summed E-state index contributed by atoms with van der Waals surface area (Å²) in [6.07, 6.45) is 1.83. The highest BCUT2D eigenvalue weighted by Gasteiger charge is 2.13. The second-order valence-electron chi connectivity index (χ2n) is 7.72. The Hall–Kier alpha value is -3.80. The van der Waals surface area contributed by atoms with Gasteiger partial charge >= 0.3 is 0 Å². The van der Waals surface area contributed by atoms with Gasteiger partial charge in [0.2, 0.25) is 0 Å². The molecule has 2 heterocycles. The Labute approximate surface area is 181 Å². The molecule has 4 aromatic rings. The Balaban J connectivity index is 1.33. The molecule has 0 saturated carbocycles. The first kappa shape index (κ1) is 20.5. The van der Waals surface area contributed by atoms with Crippen molar-refractivity contribution in [3.63, 3.8) is 0 Å². The van der Waals surface area contributed by atoms with Crippen LogP contribution in [-0.4, -0.2) is 15.7 Å². The van der Waals surface area contributed by atoms with Gasteiger partial charge in [0.15, 0.2) is 11.6 Å². The molecular formula is C25H25N3O3. The summed E-state index contributed by atoms with van der Waals surface area (Å²) in [5, 5.41) is 7.18. The molecule has 0 bridgehead atoms. The number of ether oxygens (including phenoxy) is 1. The average molecular weight is 415 g/mol. The fourth-order valence-electron chi connectivity index (χ4n) is 3.32. The molecule has 0 aliphatic carbocycles. The van der Waals surface area contributed by atoms with Crippen molar-refractivity contribution in [3.8, 4) is 5.75 Å². The van der Waals surface area contributed by atoms with Crippen LogP contribution in [-0.2, 0) is 13.2 Å². The highest BCUT2D eigenvalue weighted by Crippen LogP contribution is 2.19. The second kappa shape index (κ2) is 8.92. The fraction of sp³-hybridized carbons (Fsp3) is 0.200. The molecule has 2 aromatic heterocycles.